The summed E-state index contributed by atoms with van der Waals surface area (Å²) in [7, 11) is 0. The maximum atomic E-state index is 6.86. The molecule has 172 valence electrons. The molecule has 0 saturated carbocycles. The number of rotatable bonds is 4. The molecule has 0 aromatic heterocycles. The Balaban J connectivity index is 1.58. The highest BCUT2D eigenvalue weighted by atomic mass is 14.6. The van der Waals surface area contributed by atoms with E-state index in [0.717, 1.165) is 27.9 Å². The molecule has 5 aromatic carbocycles. The van der Waals surface area contributed by atoms with Crippen molar-refractivity contribution in [3.05, 3.63) is 127 Å². The molecule has 0 saturated heterocycles. The van der Waals surface area contributed by atoms with Crippen LogP contribution < -0.4 is 5.73 Å². The maximum Gasteiger partial charge on any atom is 0.0473 e. The minimum absolute atomic E-state index is 0.00512. The van der Waals surface area contributed by atoms with Crippen LogP contribution in [0.3, 0.4) is 0 Å². The quantitative estimate of drug-likeness (QED) is 0.270. The molecule has 1 heteroatoms. The normalized spacial score (nSPS) is 11.4. The molecule has 0 fully saturated rings. The fraction of sp³-hybridized carbons (Fsp3) is 0.118. The molecule has 0 aliphatic rings. The van der Waals surface area contributed by atoms with E-state index < -0.39 is 0 Å². The van der Waals surface area contributed by atoms with E-state index in [-0.39, 0.29) is 5.41 Å². The number of nitrogens with two attached hydrogens (primary N) is 1. The first-order chi connectivity index (χ1) is 16.9. The van der Waals surface area contributed by atoms with Gasteiger partial charge >= 0.3 is 0 Å². The predicted molar refractivity (Wildman–Crippen MR) is 151 cm³/mol. The lowest BCUT2D eigenvalue weighted by Crippen LogP contribution is -2.12. The van der Waals surface area contributed by atoms with Crippen LogP contribution in [0.4, 0.5) is 5.69 Å². The molecule has 0 heterocycles. The summed E-state index contributed by atoms with van der Waals surface area (Å²) in [6, 6.07) is 42.9. The van der Waals surface area contributed by atoms with Crippen LogP contribution in [0.25, 0.3) is 44.5 Å². The molecule has 0 aliphatic carbocycles. The van der Waals surface area contributed by atoms with Crippen molar-refractivity contribution in [2.45, 2.75) is 26.2 Å². The van der Waals surface area contributed by atoms with Crippen molar-refractivity contribution in [3.63, 3.8) is 0 Å². The molecule has 5 aromatic rings. The number of anilines is 1. The van der Waals surface area contributed by atoms with E-state index >= 15 is 0 Å². The Hall–Kier alpha value is -4.10. The Morgan fingerprint density at radius 2 is 0.743 bits per heavy atom. The van der Waals surface area contributed by atoms with E-state index in [1.54, 1.807) is 0 Å². The highest BCUT2D eigenvalue weighted by molar-refractivity contribution is 5.90. The molecule has 0 radical (unpaired) electrons. The summed E-state index contributed by atoms with van der Waals surface area (Å²) in [6.45, 7) is 6.76. The smallest absolute Gasteiger partial charge is 0.0473 e. The Morgan fingerprint density at radius 3 is 1.09 bits per heavy atom. The van der Waals surface area contributed by atoms with Crippen LogP contribution >= 0.6 is 0 Å². The maximum absolute atomic E-state index is 6.86. The lowest BCUT2D eigenvalue weighted by Gasteiger charge is -2.23. The van der Waals surface area contributed by atoms with Gasteiger partial charge in [-0.25, -0.2) is 0 Å². The Kier molecular flexibility index (Phi) is 6.01. The topological polar surface area (TPSA) is 26.0 Å². The van der Waals surface area contributed by atoms with E-state index in [2.05, 4.69) is 130 Å². The number of benzene rings is 5. The van der Waals surface area contributed by atoms with Gasteiger partial charge in [-0.3, -0.25) is 0 Å². The molecule has 0 amide bonds. The van der Waals surface area contributed by atoms with E-state index in [4.69, 9.17) is 5.73 Å². The highest BCUT2D eigenvalue weighted by Gasteiger charge is 2.19. The first kappa shape index (κ1) is 22.7. The molecule has 0 atom stereocenters. The van der Waals surface area contributed by atoms with Crippen molar-refractivity contribution in [2.24, 2.45) is 0 Å². The third kappa shape index (κ3) is 4.76. The van der Waals surface area contributed by atoms with Crippen molar-refractivity contribution in [2.75, 3.05) is 5.73 Å². The van der Waals surface area contributed by atoms with Crippen LogP contribution in [-0.4, -0.2) is 0 Å². The third-order valence-corrected chi connectivity index (χ3v) is 6.65. The zero-order valence-electron chi connectivity index (χ0n) is 20.6. The molecule has 0 unspecified atom stereocenters. The second-order valence-electron chi connectivity index (χ2n) is 10.1. The van der Waals surface area contributed by atoms with Crippen LogP contribution in [0.1, 0.15) is 26.3 Å². The van der Waals surface area contributed by atoms with Crippen molar-refractivity contribution in [1.29, 1.82) is 0 Å². The number of hydrogen-bond donors (Lipinski definition) is 1. The van der Waals surface area contributed by atoms with Crippen molar-refractivity contribution >= 4 is 5.69 Å². The van der Waals surface area contributed by atoms with Crippen molar-refractivity contribution in [1.82, 2.24) is 0 Å². The van der Waals surface area contributed by atoms with Gasteiger partial charge < -0.3 is 5.73 Å². The summed E-state index contributed by atoms with van der Waals surface area (Å²) >= 11 is 0. The minimum atomic E-state index is 0.00512. The van der Waals surface area contributed by atoms with E-state index in [1.807, 2.05) is 12.1 Å². The molecule has 2 N–H and O–H groups in total. The van der Waals surface area contributed by atoms with Gasteiger partial charge in [-0.15, -0.1) is 0 Å². The van der Waals surface area contributed by atoms with Gasteiger partial charge in [-0.1, -0.05) is 130 Å². The van der Waals surface area contributed by atoms with Gasteiger partial charge in [0.05, 0.1) is 0 Å². The fourth-order valence-corrected chi connectivity index (χ4v) is 4.51. The van der Waals surface area contributed by atoms with Gasteiger partial charge in [-0.05, 0) is 56.5 Å². The second-order valence-corrected chi connectivity index (χ2v) is 10.1. The van der Waals surface area contributed by atoms with E-state index in [9.17, 15) is 0 Å². The molecule has 5 rings (SSSR count). The molecule has 1 nitrogen and oxygen atoms in total. The summed E-state index contributed by atoms with van der Waals surface area (Å²) in [6.07, 6.45) is 0. The lowest BCUT2D eigenvalue weighted by molar-refractivity contribution is 0.591. The highest BCUT2D eigenvalue weighted by Crippen LogP contribution is 2.40. The van der Waals surface area contributed by atoms with Gasteiger partial charge in [-0.2, -0.15) is 0 Å². The first-order valence-electron chi connectivity index (χ1n) is 12.2. The Morgan fingerprint density at radius 1 is 0.429 bits per heavy atom. The minimum Gasteiger partial charge on any atom is -0.398 e. The Labute approximate surface area is 208 Å². The average molecular weight is 454 g/mol. The fourth-order valence-electron chi connectivity index (χ4n) is 4.51. The second kappa shape index (κ2) is 9.27. The average Bonchev–Trinajstić information content (AvgIpc) is 2.89. The SMILES string of the molecule is CC(C)(C)c1cc(-c2ccc(-c3ccccc3)cc2)c(N)c(-c2ccc(-c3ccccc3)cc2)c1. The largest absolute Gasteiger partial charge is 0.398 e. The van der Waals surface area contributed by atoms with Crippen LogP contribution in [0.2, 0.25) is 0 Å². The lowest BCUT2D eigenvalue weighted by atomic mass is 9.82. The third-order valence-electron chi connectivity index (χ3n) is 6.65. The zero-order valence-corrected chi connectivity index (χ0v) is 20.6. The Bertz CT molecular complexity index is 1320. The zero-order chi connectivity index (χ0) is 24.4. The molecular weight excluding hydrogens is 422 g/mol. The van der Waals surface area contributed by atoms with Crippen LogP contribution in [0.15, 0.2) is 121 Å². The van der Waals surface area contributed by atoms with Gasteiger partial charge in [0.15, 0.2) is 0 Å². The summed E-state index contributed by atoms with van der Waals surface area (Å²) in [5, 5.41) is 0. The predicted octanol–water partition coefficient (Wildman–Crippen LogP) is 9.23. The van der Waals surface area contributed by atoms with E-state index in [1.165, 1.54) is 27.8 Å². The standard InChI is InChI=1S/C34H31N/c1-34(2,3)30-22-31(28-18-14-26(15-19-28)24-10-6-4-7-11-24)33(35)32(23-30)29-20-16-27(17-21-29)25-12-8-5-9-13-25/h4-23H,35H2,1-3H3. The van der Waals surface area contributed by atoms with Gasteiger partial charge in [0.25, 0.3) is 0 Å². The van der Waals surface area contributed by atoms with Crippen molar-refractivity contribution in [3.8, 4) is 44.5 Å². The first-order valence-corrected chi connectivity index (χ1v) is 12.2. The monoisotopic (exact) mass is 453 g/mol. The van der Waals surface area contributed by atoms with Crippen LogP contribution in [-0.2, 0) is 5.41 Å². The molecule has 35 heavy (non-hydrogen) atoms. The summed E-state index contributed by atoms with van der Waals surface area (Å²) in [4.78, 5) is 0. The van der Waals surface area contributed by atoms with Crippen molar-refractivity contribution < 1.29 is 0 Å². The van der Waals surface area contributed by atoms with Gasteiger partial charge in [0.2, 0.25) is 0 Å². The molecular formula is C34H31N. The summed E-state index contributed by atoms with van der Waals surface area (Å²) < 4.78 is 0. The van der Waals surface area contributed by atoms with Gasteiger partial charge in [0, 0.05) is 16.8 Å². The van der Waals surface area contributed by atoms with Gasteiger partial charge in [0.1, 0.15) is 0 Å². The van der Waals surface area contributed by atoms with E-state index in [0.29, 0.717) is 0 Å². The summed E-state index contributed by atoms with van der Waals surface area (Å²) in [5.74, 6) is 0. The molecule has 0 bridgehead atoms. The van der Waals surface area contributed by atoms with Crippen LogP contribution in [0, 0.1) is 0 Å². The number of nitrogen functional groups attached to an aromatic ring is 1. The van der Waals surface area contributed by atoms with Crippen LogP contribution in [0.5, 0.6) is 0 Å². The molecule has 0 aliphatic heterocycles. The molecule has 0 spiro atoms. The number of hydrogen-bond acceptors (Lipinski definition) is 1. The summed E-state index contributed by atoms with van der Waals surface area (Å²) in [5.41, 5.74) is 18.2.